The van der Waals surface area contributed by atoms with Gasteiger partial charge in [-0.2, -0.15) is 0 Å². The van der Waals surface area contributed by atoms with Crippen LogP contribution in [0.1, 0.15) is 11.1 Å². The molecule has 0 unspecified atom stereocenters. The molecule has 1 aromatic carbocycles. The molecule has 0 aliphatic carbocycles. The normalized spacial score (nSPS) is 11.3. The van der Waals surface area contributed by atoms with Crippen LogP contribution in [-0.2, 0) is 15.5 Å². The number of aryl methyl sites for hydroxylation is 2. The van der Waals surface area contributed by atoms with Gasteiger partial charge in [0.25, 0.3) is 0 Å². The number of benzene rings is 1. The van der Waals surface area contributed by atoms with Crippen LogP contribution in [0.3, 0.4) is 0 Å². The molecule has 0 aromatic heterocycles. The van der Waals surface area contributed by atoms with Gasteiger partial charge >= 0.3 is 0 Å². The summed E-state index contributed by atoms with van der Waals surface area (Å²) in [7, 11) is 4.80. The molecule has 6 heteroatoms. The molecule has 0 spiro atoms. The molecule has 1 aromatic rings. The third-order valence-corrected chi connectivity index (χ3v) is 3.57. The predicted octanol–water partition coefficient (Wildman–Crippen LogP) is 2.12. The minimum Gasteiger partial charge on any atom is -0.496 e. The van der Waals surface area contributed by atoms with Crippen molar-refractivity contribution >= 4 is 19.7 Å². The number of methoxy groups -OCH3 is 2. The molecule has 0 atom stereocenters. The molecule has 0 heterocycles. The van der Waals surface area contributed by atoms with Gasteiger partial charge in [-0.25, -0.2) is 8.42 Å². The van der Waals surface area contributed by atoms with Crippen molar-refractivity contribution in [3.8, 4) is 11.5 Å². The highest BCUT2D eigenvalue weighted by atomic mass is 35.7. The van der Waals surface area contributed by atoms with Gasteiger partial charge in [0.1, 0.15) is 11.5 Å². The van der Waals surface area contributed by atoms with Crippen LogP contribution < -0.4 is 9.47 Å². The molecule has 0 fully saturated rings. The predicted molar refractivity (Wildman–Crippen MR) is 67.6 cm³/mol. The van der Waals surface area contributed by atoms with Gasteiger partial charge in [-0.1, -0.05) is 0 Å². The van der Waals surface area contributed by atoms with Crippen LogP contribution in [0.5, 0.6) is 11.5 Å². The molecule has 96 valence electrons. The summed E-state index contributed by atoms with van der Waals surface area (Å²) in [6.45, 7) is 1.89. The summed E-state index contributed by atoms with van der Waals surface area (Å²) in [6, 6.07) is 3.59. The van der Waals surface area contributed by atoms with Crippen molar-refractivity contribution in [2.75, 3.05) is 20.0 Å². The van der Waals surface area contributed by atoms with Crippen LogP contribution in [0.25, 0.3) is 0 Å². The van der Waals surface area contributed by atoms with Crippen molar-refractivity contribution in [2.24, 2.45) is 0 Å². The maximum Gasteiger partial charge on any atom is 0.232 e. The van der Waals surface area contributed by atoms with Crippen LogP contribution >= 0.6 is 10.7 Å². The first kappa shape index (κ1) is 14.1. The van der Waals surface area contributed by atoms with Gasteiger partial charge in [0.2, 0.25) is 9.05 Å². The van der Waals surface area contributed by atoms with E-state index in [0.29, 0.717) is 17.9 Å². The van der Waals surface area contributed by atoms with Gasteiger partial charge in [-0.3, -0.25) is 0 Å². The Kier molecular flexibility index (Phi) is 4.65. The molecular formula is C11H15ClO4S. The average molecular weight is 279 g/mol. The van der Waals surface area contributed by atoms with Crippen LogP contribution in [-0.4, -0.2) is 28.4 Å². The largest absolute Gasteiger partial charge is 0.496 e. The Labute approximate surface area is 106 Å². The summed E-state index contributed by atoms with van der Waals surface area (Å²) in [5.41, 5.74) is 1.73. The molecule has 0 bridgehead atoms. The van der Waals surface area contributed by atoms with Crippen molar-refractivity contribution in [2.45, 2.75) is 13.3 Å². The first-order valence-electron chi connectivity index (χ1n) is 5.01. The fourth-order valence-corrected chi connectivity index (χ4v) is 2.26. The van der Waals surface area contributed by atoms with E-state index in [1.807, 2.05) is 13.0 Å². The number of ether oxygens (including phenoxy) is 2. The molecule has 0 radical (unpaired) electrons. The highest BCUT2D eigenvalue weighted by Crippen LogP contribution is 2.29. The SMILES string of the molecule is COc1cc(OC)c(CCS(=O)(=O)Cl)cc1C. The summed E-state index contributed by atoms with van der Waals surface area (Å²) in [4.78, 5) is 0. The highest BCUT2D eigenvalue weighted by molar-refractivity contribution is 8.13. The molecule has 0 amide bonds. The Balaban J connectivity index is 3.02. The van der Waals surface area contributed by atoms with Crippen LogP contribution in [0.4, 0.5) is 0 Å². The molecule has 0 saturated carbocycles. The number of rotatable bonds is 5. The van der Waals surface area contributed by atoms with E-state index in [2.05, 4.69) is 0 Å². The van der Waals surface area contributed by atoms with Gasteiger partial charge in [-0.05, 0) is 30.5 Å². The second-order valence-corrected chi connectivity index (χ2v) is 6.52. The first-order chi connectivity index (χ1) is 7.87. The standard InChI is InChI=1S/C11H15ClO4S/c1-8-6-9(4-5-17(12,13)14)11(16-3)7-10(8)15-2/h6-7H,4-5H2,1-3H3. The van der Waals surface area contributed by atoms with Crippen molar-refractivity contribution in [1.82, 2.24) is 0 Å². The van der Waals surface area contributed by atoms with E-state index in [0.717, 1.165) is 11.1 Å². The lowest BCUT2D eigenvalue weighted by atomic mass is 10.1. The maximum absolute atomic E-state index is 10.9. The number of hydrogen-bond acceptors (Lipinski definition) is 4. The van der Waals surface area contributed by atoms with E-state index in [1.165, 1.54) is 7.11 Å². The molecular weight excluding hydrogens is 264 g/mol. The minimum absolute atomic E-state index is 0.114. The van der Waals surface area contributed by atoms with Gasteiger partial charge in [0.05, 0.1) is 20.0 Å². The van der Waals surface area contributed by atoms with Crippen LogP contribution in [0.2, 0.25) is 0 Å². The quantitative estimate of drug-likeness (QED) is 0.774. The van der Waals surface area contributed by atoms with Crippen LogP contribution in [0, 0.1) is 6.92 Å². The van der Waals surface area contributed by atoms with E-state index in [9.17, 15) is 8.42 Å². The lowest BCUT2D eigenvalue weighted by Gasteiger charge is -2.12. The zero-order valence-corrected chi connectivity index (χ0v) is 11.6. The van der Waals surface area contributed by atoms with Gasteiger partial charge in [0, 0.05) is 16.7 Å². The minimum atomic E-state index is -3.49. The molecule has 4 nitrogen and oxygen atoms in total. The van der Waals surface area contributed by atoms with Crippen molar-refractivity contribution < 1.29 is 17.9 Å². The molecule has 0 aliphatic heterocycles. The molecule has 0 aliphatic rings. The second kappa shape index (κ2) is 5.60. The molecule has 1 rings (SSSR count). The number of hydrogen-bond donors (Lipinski definition) is 0. The molecule has 17 heavy (non-hydrogen) atoms. The molecule has 0 saturated heterocycles. The Morgan fingerprint density at radius 2 is 1.76 bits per heavy atom. The van der Waals surface area contributed by atoms with E-state index in [4.69, 9.17) is 20.2 Å². The Morgan fingerprint density at radius 1 is 1.18 bits per heavy atom. The molecule has 0 N–H and O–H groups in total. The summed E-state index contributed by atoms with van der Waals surface area (Å²) in [5, 5.41) is 0. The van der Waals surface area contributed by atoms with Crippen molar-refractivity contribution in [1.29, 1.82) is 0 Å². The fourth-order valence-electron chi connectivity index (χ4n) is 1.57. The number of halogens is 1. The maximum atomic E-state index is 10.9. The Bertz CT molecular complexity index is 496. The lowest BCUT2D eigenvalue weighted by molar-refractivity contribution is 0.389. The average Bonchev–Trinajstić information content (AvgIpc) is 2.25. The fraction of sp³-hybridized carbons (Fsp3) is 0.455. The summed E-state index contributed by atoms with van der Waals surface area (Å²) in [5.74, 6) is 1.20. The zero-order valence-electron chi connectivity index (χ0n) is 9.99. The summed E-state index contributed by atoms with van der Waals surface area (Å²) >= 11 is 0. The second-order valence-electron chi connectivity index (χ2n) is 3.63. The first-order valence-corrected chi connectivity index (χ1v) is 7.49. The lowest BCUT2D eigenvalue weighted by Crippen LogP contribution is -2.03. The van der Waals surface area contributed by atoms with Gasteiger partial charge in [0.15, 0.2) is 0 Å². The van der Waals surface area contributed by atoms with E-state index >= 15 is 0 Å². The topological polar surface area (TPSA) is 52.6 Å². The van der Waals surface area contributed by atoms with E-state index in [-0.39, 0.29) is 5.75 Å². The third-order valence-electron chi connectivity index (χ3n) is 2.41. The Hall–Kier alpha value is -0.940. The monoisotopic (exact) mass is 278 g/mol. The van der Waals surface area contributed by atoms with Crippen molar-refractivity contribution in [3.05, 3.63) is 23.3 Å². The van der Waals surface area contributed by atoms with Gasteiger partial charge in [-0.15, -0.1) is 0 Å². The smallest absolute Gasteiger partial charge is 0.232 e. The summed E-state index contributed by atoms with van der Waals surface area (Å²) in [6.07, 6.45) is 0.319. The third kappa shape index (κ3) is 4.09. The highest BCUT2D eigenvalue weighted by Gasteiger charge is 2.12. The van der Waals surface area contributed by atoms with Gasteiger partial charge < -0.3 is 9.47 Å². The van der Waals surface area contributed by atoms with Crippen molar-refractivity contribution in [3.63, 3.8) is 0 Å². The Morgan fingerprint density at radius 3 is 2.24 bits per heavy atom. The van der Waals surface area contributed by atoms with Crippen LogP contribution in [0.15, 0.2) is 12.1 Å². The zero-order chi connectivity index (χ0) is 13.1. The van der Waals surface area contributed by atoms with E-state index < -0.39 is 9.05 Å². The summed E-state index contributed by atoms with van der Waals surface area (Å²) < 4.78 is 32.2. The van der Waals surface area contributed by atoms with E-state index in [1.54, 1.807) is 13.2 Å².